The summed E-state index contributed by atoms with van der Waals surface area (Å²) in [5.41, 5.74) is 2.21. The smallest absolute Gasteiger partial charge is 0.270 e. The lowest BCUT2D eigenvalue weighted by atomic mass is 9.83. The summed E-state index contributed by atoms with van der Waals surface area (Å²) >= 11 is 0. The third-order valence-electron chi connectivity index (χ3n) is 7.33. The summed E-state index contributed by atoms with van der Waals surface area (Å²) in [6.07, 6.45) is 5.86. The van der Waals surface area contributed by atoms with Crippen molar-refractivity contribution in [2.75, 3.05) is 11.4 Å². The second-order valence-electron chi connectivity index (χ2n) is 11.3. The molecule has 8 nitrogen and oxygen atoms in total. The minimum atomic E-state index is -0.960. The van der Waals surface area contributed by atoms with E-state index in [0.29, 0.717) is 35.5 Å². The number of anilines is 1. The van der Waals surface area contributed by atoms with Gasteiger partial charge in [-0.3, -0.25) is 14.3 Å². The highest BCUT2D eigenvalue weighted by molar-refractivity contribution is 6.03. The molecule has 1 saturated carbocycles. The third-order valence-corrected chi connectivity index (χ3v) is 7.33. The number of carbonyl (C=O) groups excluding carboxylic acids is 2. The van der Waals surface area contributed by atoms with Crippen LogP contribution < -0.4 is 10.2 Å². The average Bonchev–Trinajstić information content (AvgIpc) is 3.48. The van der Waals surface area contributed by atoms with Crippen molar-refractivity contribution in [1.29, 1.82) is 5.26 Å². The molecule has 1 saturated heterocycles. The molecule has 1 aliphatic carbocycles. The lowest BCUT2D eigenvalue weighted by Gasteiger charge is -2.21. The largest absolute Gasteiger partial charge is 0.347 e. The van der Waals surface area contributed by atoms with E-state index in [1.807, 2.05) is 37.7 Å². The van der Waals surface area contributed by atoms with Gasteiger partial charge in [-0.1, -0.05) is 0 Å². The first-order valence-electron chi connectivity index (χ1n) is 12.9. The van der Waals surface area contributed by atoms with Crippen molar-refractivity contribution in [2.45, 2.75) is 59.0 Å². The quantitative estimate of drug-likeness (QED) is 0.512. The first kappa shape index (κ1) is 25.6. The number of pyridine rings is 1. The van der Waals surface area contributed by atoms with E-state index in [4.69, 9.17) is 0 Å². The van der Waals surface area contributed by atoms with Crippen molar-refractivity contribution >= 4 is 17.5 Å². The number of nitrogens with zero attached hydrogens (tertiary/aromatic N) is 5. The van der Waals surface area contributed by atoms with Crippen molar-refractivity contribution in [1.82, 2.24) is 20.1 Å². The Morgan fingerprint density at radius 2 is 1.97 bits per heavy atom. The minimum absolute atomic E-state index is 0.101. The number of nitriles is 1. The number of aromatic nitrogens is 3. The first-order valence-corrected chi connectivity index (χ1v) is 12.9. The molecule has 2 fully saturated rings. The summed E-state index contributed by atoms with van der Waals surface area (Å²) in [6, 6.07) is 10.3. The van der Waals surface area contributed by atoms with Crippen molar-refractivity contribution in [3.8, 4) is 17.2 Å². The van der Waals surface area contributed by atoms with Crippen LogP contribution in [0.4, 0.5) is 10.1 Å². The lowest BCUT2D eigenvalue weighted by molar-refractivity contribution is -0.123. The van der Waals surface area contributed by atoms with Crippen LogP contribution in [0.15, 0.2) is 42.7 Å². The minimum Gasteiger partial charge on any atom is -0.347 e. The number of amides is 2. The molecule has 0 bridgehead atoms. The summed E-state index contributed by atoms with van der Waals surface area (Å²) in [5, 5.41) is 17.0. The molecule has 0 radical (unpaired) electrons. The predicted molar refractivity (Wildman–Crippen MR) is 141 cm³/mol. The molecule has 1 atom stereocenters. The van der Waals surface area contributed by atoms with Crippen LogP contribution in [0.25, 0.3) is 11.1 Å². The maximum Gasteiger partial charge on any atom is 0.270 e. The van der Waals surface area contributed by atoms with Crippen LogP contribution in [0, 0.1) is 35.4 Å². The second-order valence-corrected chi connectivity index (χ2v) is 11.3. The normalized spacial score (nSPS) is 19.5. The fourth-order valence-corrected chi connectivity index (χ4v) is 5.09. The van der Waals surface area contributed by atoms with Crippen LogP contribution >= 0.6 is 0 Å². The SMILES string of the molecule is Cc1cc(N2CC[C@@](C#N)(C3CC3)C2=O)cc(C(=O)NCc2cc(F)cc(-c3cnn(C(C)(C)C)c3)c2)n1. The second kappa shape index (κ2) is 9.35. The number of hydrogen-bond acceptors (Lipinski definition) is 5. The molecule has 0 spiro atoms. The molecule has 9 heteroatoms. The van der Waals surface area contributed by atoms with Crippen molar-refractivity contribution in [3.63, 3.8) is 0 Å². The van der Waals surface area contributed by atoms with E-state index in [1.54, 1.807) is 30.2 Å². The Kier molecular flexibility index (Phi) is 6.30. The molecule has 1 N–H and O–H groups in total. The monoisotopic (exact) mass is 514 g/mol. The highest BCUT2D eigenvalue weighted by Crippen LogP contribution is 2.51. The molecule has 38 heavy (non-hydrogen) atoms. The fraction of sp³-hybridized carbons (Fsp3) is 0.414. The number of halogens is 1. The summed E-state index contributed by atoms with van der Waals surface area (Å²) in [5.74, 6) is -0.909. The third kappa shape index (κ3) is 4.78. The summed E-state index contributed by atoms with van der Waals surface area (Å²) < 4.78 is 16.3. The van der Waals surface area contributed by atoms with Gasteiger partial charge >= 0.3 is 0 Å². The van der Waals surface area contributed by atoms with Gasteiger partial charge in [-0.2, -0.15) is 10.4 Å². The zero-order chi connectivity index (χ0) is 27.2. The van der Waals surface area contributed by atoms with Gasteiger partial charge in [0.2, 0.25) is 5.91 Å². The predicted octanol–water partition coefficient (Wildman–Crippen LogP) is 4.73. The van der Waals surface area contributed by atoms with Gasteiger partial charge in [0.25, 0.3) is 5.91 Å². The van der Waals surface area contributed by atoms with Crippen LogP contribution in [0.5, 0.6) is 0 Å². The number of nitrogens with one attached hydrogen (secondary N) is 1. The molecule has 2 amide bonds. The van der Waals surface area contributed by atoms with Crippen molar-refractivity contribution in [2.24, 2.45) is 11.3 Å². The van der Waals surface area contributed by atoms with E-state index < -0.39 is 17.1 Å². The van der Waals surface area contributed by atoms with Gasteiger partial charge < -0.3 is 10.2 Å². The average molecular weight is 515 g/mol. The number of benzene rings is 1. The molecule has 5 rings (SSSR count). The standard InChI is InChI=1S/C29H31FN6O2/c1-18-9-24(35-8-7-29(17-31,27(35)38)22-5-6-22)13-25(34-18)26(37)32-14-19-10-20(12-23(30)11-19)21-15-33-36(16-21)28(2,3)4/h9-13,15-16,22H,5-8,14H2,1-4H3,(H,32,37)/t29-/m1/s1. The molecule has 1 aromatic carbocycles. The van der Waals surface area contributed by atoms with Crippen LogP contribution in [-0.4, -0.2) is 33.1 Å². The Bertz CT molecular complexity index is 1460. The Hall–Kier alpha value is -4.06. The van der Waals surface area contributed by atoms with Crippen LogP contribution in [0.2, 0.25) is 0 Å². The van der Waals surface area contributed by atoms with E-state index in [1.165, 1.54) is 12.1 Å². The van der Waals surface area contributed by atoms with E-state index >= 15 is 0 Å². The number of rotatable bonds is 6. The molecule has 2 aromatic heterocycles. The van der Waals surface area contributed by atoms with Gasteiger partial charge in [-0.15, -0.1) is 0 Å². The molecule has 2 aliphatic rings. The maximum absolute atomic E-state index is 14.5. The summed E-state index contributed by atoms with van der Waals surface area (Å²) in [6.45, 7) is 8.40. The highest BCUT2D eigenvalue weighted by atomic mass is 19.1. The Labute approximate surface area is 221 Å². The van der Waals surface area contributed by atoms with Gasteiger partial charge in [-0.05, 0) is 94.3 Å². The Balaban J connectivity index is 1.32. The van der Waals surface area contributed by atoms with Crippen LogP contribution in [0.3, 0.4) is 0 Å². The zero-order valence-corrected chi connectivity index (χ0v) is 22.1. The highest BCUT2D eigenvalue weighted by Gasteiger charge is 2.56. The molecular formula is C29H31FN6O2. The zero-order valence-electron chi connectivity index (χ0n) is 22.1. The van der Waals surface area contributed by atoms with Crippen LogP contribution in [0.1, 0.15) is 61.8 Å². The topological polar surface area (TPSA) is 104 Å². The molecule has 1 aliphatic heterocycles. The number of hydrogen-bond donors (Lipinski definition) is 1. The van der Waals surface area contributed by atoms with Gasteiger partial charge in [0.1, 0.15) is 16.9 Å². The first-order chi connectivity index (χ1) is 18.0. The Morgan fingerprint density at radius 1 is 1.21 bits per heavy atom. The van der Waals surface area contributed by atoms with Gasteiger partial charge in [0.05, 0.1) is 17.8 Å². The summed E-state index contributed by atoms with van der Waals surface area (Å²) in [7, 11) is 0. The van der Waals surface area contributed by atoms with E-state index in [2.05, 4.69) is 21.5 Å². The van der Waals surface area contributed by atoms with E-state index in [9.17, 15) is 19.2 Å². The maximum atomic E-state index is 14.5. The Morgan fingerprint density at radius 3 is 2.63 bits per heavy atom. The molecular weight excluding hydrogens is 483 g/mol. The van der Waals surface area contributed by atoms with Gasteiger partial charge in [-0.25, -0.2) is 9.37 Å². The molecule has 0 unspecified atom stereocenters. The van der Waals surface area contributed by atoms with Crippen LogP contribution in [-0.2, 0) is 16.9 Å². The van der Waals surface area contributed by atoms with E-state index in [-0.39, 0.29) is 29.6 Å². The number of aryl methyl sites for hydroxylation is 1. The van der Waals surface area contributed by atoms with E-state index in [0.717, 1.165) is 18.4 Å². The van der Waals surface area contributed by atoms with Gasteiger partial charge in [0, 0.05) is 36.2 Å². The van der Waals surface area contributed by atoms with Crippen molar-refractivity contribution < 1.29 is 14.0 Å². The lowest BCUT2D eigenvalue weighted by Crippen LogP contribution is -2.35. The summed E-state index contributed by atoms with van der Waals surface area (Å²) in [4.78, 5) is 32.2. The molecule has 3 heterocycles. The fourth-order valence-electron chi connectivity index (χ4n) is 5.09. The van der Waals surface area contributed by atoms with Crippen molar-refractivity contribution in [3.05, 3.63) is 65.5 Å². The molecule has 196 valence electrons. The van der Waals surface area contributed by atoms with Gasteiger partial charge in [0.15, 0.2) is 0 Å². The molecule has 3 aromatic rings. The number of carbonyl (C=O) groups is 2.